The van der Waals surface area contributed by atoms with E-state index in [9.17, 15) is 4.39 Å². The summed E-state index contributed by atoms with van der Waals surface area (Å²) in [5.41, 5.74) is 8.25. The van der Waals surface area contributed by atoms with Gasteiger partial charge in [0.15, 0.2) is 0 Å². The molecule has 0 fully saturated rings. The molecule has 19 heavy (non-hydrogen) atoms. The maximum atomic E-state index is 13.8. The van der Waals surface area contributed by atoms with Gasteiger partial charge in [-0.3, -0.25) is 0 Å². The van der Waals surface area contributed by atoms with Crippen LogP contribution in [0.4, 0.5) is 4.39 Å². The highest BCUT2D eigenvalue weighted by Crippen LogP contribution is 2.29. The molecule has 2 aromatic carbocycles. The van der Waals surface area contributed by atoms with E-state index in [1.165, 1.54) is 11.6 Å². The number of hydrogen-bond acceptors (Lipinski definition) is 2. The molecule has 0 aliphatic heterocycles. The Hall–Kier alpha value is -1.87. The molecule has 0 atom stereocenters. The van der Waals surface area contributed by atoms with Crippen molar-refractivity contribution in [3.8, 4) is 11.5 Å². The molecular formula is C16H18FNO. The molecule has 0 heterocycles. The Kier molecular flexibility index (Phi) is 4.17. The largest absolute Gasteiger partial charge is 0.457 e. The van der Waals surface area contributed by atoms with Crippen LogP contribution in [0.2, 0.25) is 0 Å². The molecule has 0 saturated heterocycles. The van der Waals surface area contributed by atoms with Crippen LogP contribution in [0, 0.1) is 19.7 Å². The van der Waals surface area contributed by atoms with E-state index in [0.717, 1.165) is 11.3 Å². The molecule has 0 bridgehead atoms. The van der Waals surface area contributed by atoms with E-state index in [1.807, 2.05) is 32.0 Å². The van der Waals surface area contributed by atoms with Gasteiger partial charge in [0.05, 0.1) is 0 Å². The molecule has 0 unspecified atom stereocenters. The maximum absolute atomic E-state index is 13.8. The predicted octanol–water partition coefficient (Wildman–Crippen LogP) is 3.74. The van der Waals surface area contributed by atoms with Crippen molar-refractivity contribution in [2.75, 3.05) is 6.54 Å². The first-order valence-corrected chi connectivity index (χ1v) is 6.34. The second kappa shape index (κ2) is 5.85. The lowest BCUT2D eigenvalue weighted by atomic mass is 10.1. The number of nitrogens with two attached hydrogens (primary N) is 1. The van der Waals surface area contributed by atoms with Crippen LogP contribution in [-0.2, 0) is 6.42 Å². The van der Waals surface area contributed by atoms with Gasteiger partial charge < -0.3 is 10.5 Å². The zero-order valence-corrected chi connectivity index (χ0v) is 11.2. The summed E-state index contributed by atoms with van der Waals surface area (Å²) in [6.07, 6.45) is 0.465. The molecule has 0 aromatic heterocycles. The summed E-state index contributed by atoms with van der Waals surface area (Å²) in [6.45, 7) is 4.40. The molecule has 0 aliphatic carbocycles. The zero-order chi connectivity index (χ0) is 13.8. The van der Waals surface area contributed by atoms with Gasteiger partial charge in [-0.2, -0.15) is 0 Å². The van der Waals surface area contributed by atoms with Crippen molar-refractivity contribution >= 4 is 0 Å². The Bertz CT molecular complexity index is 581. The first kappa shape index (κ1) is 13.6. The number of benzene rings is 2. The molecular weight excluding hydrogens is 241 g/mol. The second-order valence-electron chi connectivity index (χ2n) is 4.63. The Morgan fingerprint density at radius 2 is 1.89 bits per heavy atom. The number of hydrogen-bond donors (Lipinski definition) is 1. The van der Waals surface area contributed by atoms with Crippen LogP contribution in [0.3, 0.4) is 0 Å². The fourth-order valence-electron chi connectivity index (χ4n) is 2.05. The minimum Gasteiger partial charge on any atom is -0.457 e. The van der Waals surface area contributed by atoms with Crippen LogP contribution >= 0.6 is 0 Å². The fourth-order valence-corrected chi connectivity index (χ4v) is 2.05. The third-order valence-electron chi connectivity index (χ3n) is 3.02. The average molecular weight is 259 g/mol. The third kappa shape index (κ3) is 3.12. The van der Waals surface area contributed by atoms with Gasteiger partial charge in [-0.1, -0.05) is 23.8 Å². The second-order valence-corrected chi connectivity index (χ2v) is 4.63. The van der Waals surface area contributed by atoms with Gasteiger partial charge in [0.1, 0.15) is 17.3 Å². The third-order valence-corrected chi connectivity index (χ3v) is 3.02. The highest BCUT2D eigenvalue weighted by molar-refractivity contribution is 5.42. The molecule has 0 radical (unpaired) electrons. The van der Waals surface area contributed by atoms with Gasteiger partial charge >= 0.3 is 0 Å². The minimum absolute atomic E-state index is 0.271. The SMILES string of the molecule is Cc1ccc(Oc2cccc(F)c2CCN)c(C)c1. The van der Waals surface area contributed by atoms with Crippen LogP contribution in [0.25, 0.3) is 0 Å². The van der Waals surface area contributed by atoms with E-state index >= 15 is 0 Å². The Labute approximate surface area is 113 Å². The topological polar surface area (TPSA) is 35.2 Å². The van der Waals surface area contributed by atoms with E-state index in [0.29, 0.717) is 24.3 Å². The molecule has 2 rings (SSSR count). The van der Waals surface area contributed by atoms with Gasteiger partial charge in [0.2, 0.25) is 0 Å². The lowest BCUT2D eigenvalue weighted by Gasteiger charge is -2.13. The van der Waals surface area contributed by atoms with Crippen molar-refractivity contribution in [1.29, 1.82) is 0 Å². The Morgan fingerprint density at radius 3 is 2.58 bits per heavy atom. The smallest absolute Gasteiger partial charge is 0.133 e. The van der Waals surface area contributed by atoms with Gasteiger partial charge in [0, 0.05) is 5.56 Å². The van der Waals surface area contributed by atoms with Crippen molar-refractivity contribution in [3.63, 3.8) is 0 Å². The number of halogens is 1. The maximum Gasteiger partial charge on any atom is 0.133 e. The number of ether oxygens (including phenoxy) is 1. The molecule has 0 aliphatic rings. The van der Waals surface area contributed by atoms with Crippen molar-refractivity contribution in [2.45, 2.75) is 20.3 Å². The molecule has 100 valence electrons. The Morgan fingerprint density at radius 1 is 1.11 bits per heavy atom. The van der Waals surface area contributed by atoms with Gasteiger partial charge in [-0.05, 0) is 50.6 Å². The molecule has 0 saturated carbocycles. The first-order chi connectivity index (χ1) is 9.11. The van der Waals surface area contributed by atoms with E-state index in [2.05, 4.69) is 0 Å². The summed E-state index contributed by atoms with van der Waals surface area (Å²) < 4.78 is 19.6. The van der Waals surface area contributed by atoms with Crippen LogP contribution in [0.15, 0.2) is 36.4 Å². The summed E-state index contributed by atoms with van der Waals surface area (Å²) in [7, 11) is 0. The van der Waals surface area contributed by atoms with Gasteiger partial charge in [0.25, 0.3) is 0 Å². The quantitative estimate of drug-likeness (QED) is 0.907. The van der Waals surface area contributed by atoms with Crippen molar-refractivity contribution < 1.29 is 9.13 Å². The molecule has 2 nitrogen and oxygen atoms in total. The average Bonchev–Trinajstić information content (AvgIpc) is 2.37. The minimum atomic E-state index is -0.271. The van der Waals surface area contributed by atoms with Crippen molar-refractivity contribution in [2.24, 2.45) is 5.73 Å². The standard InChI is InChI=1S/C16H18FNO/c1-11-6-7-15(12(2)10-11)19-16-5-3-4-14(17)13(16)8-9-18/h3-7,10H,8-9,18H2,1-2H3. The van der Waals surface area contributed by atoms with E-state index < -0.39 is 0 Å². The summed E-state index contributed by atoms with van der Waals surface area (Å²) in [6, 6.07) is 10.8. The van der Waals surface area contributed by atoms with Crippen LogP contribution in [0.5, 0.6) is 11.5 Å². The highest BCUT2D eigenvalue weighted by atomic mass is 19.1. The molecule has 0 amide bonds. The number of aryl methyl sites for hydroxylation is 2. The first-order valence-electron chi connectivity index (χ1n) is 6.34. The lowest BCUT2D eigenvalue weighted by molar-refractivity contribution is 0.463. The van der Waals surface area contributed by atoms with Gasteiger partial charge in [-0.15, -0.1) is 0 Å². The van der Waals surface area contributed by atoms with Crippen molar-refractivity contribution in [3.05, 3.63) is 58.9 Å². The lowest BCUT2D eigenvalue weighted by Crippen LogP contribution is -2.06. The van der Waals surface area contributed by atoms with E-state index in [1.54, 1.807) is 12.1 Å². The van der Waals surface area contributed by atoms with Crippen LogP contribution in [0.1, 0.15) is 16.7 Å². The normalized spacial score (nSPS) is 10.5. The summed E-state index contributed by atoms with van der Waals surface area (Å²) >= 11 is 0. The van der Waals surface area contributed by atoms with Crippen LogP contribution in [-0.4, -0.2) is 6.54 Å². The summed E-state index contributed by atoms with van der Waals surface area (Å²) in [4.78, 5) is 0. The molecule has 2 aromatic rings. The molecule has 2 N–H and O–H groups in total. The molecule has 0 spiro atoms. The highest BCUT2D eigenvalue weighted by Gasteiger charge is 2.10. The Balaban J connectivity index is 2.35. The zero-order valence-electron chi connectivity index (χ0n) is 11.2. The van der Waals surface area contributed by atoms with Crippen LogP contribution < -0.4 is 10.5 Å². The van der Waals surface area contributed by atoms with Gasteiger partial charge in [-0.25, -0.2) is 4.39 Å². The molecule has 3 heteroatoms. The van der Waals surface area contributed by atoms with Crippen molar-refractivity contribution in [1.82, 2.24) is 0 Å². The predicted molar refractivity (Wildman–Crippen MR) is 75.1 cm³/mol. The van der Waals surface area contributed by atoms with E-state index in [-0.39, 0.29) is 5.82 Å². The van der Waals surface area contributed by atoms with E-state index in [4.69, 9.17) is 10.5 Å². The summed E-state index contributed by atoms with van der Waals surface area (Å²) in [5.74, 6) is 1.01. The summed E-state index contributed by atoms with van der Waals surface area (Å²) in [5, 5.41) is 0. The number of rotatable bonds is 4. The fraction of sp³-hybridized carbons (Fsp3) is 0.250. The monoisotopic (exact) mass is 259 g/mol.